The minimum absolute atomic E-state index is 0.0341. The van der Waals surface area contributed by atoms with E-state index in [0.29, 0.717) is 10.7 Å². The normalized spacial score (nSPS) is 16.4. The molecule has 0 aliphatic carbocycles. The Bertz CT molecular complexity index is 920. The van der Waals surface area contributed by atoms with Gasteiger partial charge in [-0.15, -0.1) is 0 Å². The predicted octanol–water partition coefficient (Wildman–Crippen LogP) is 3.79. The fraction of sp³-hybridized carbons (Fsp3) is 0.105. The zero-order chi connectivity index (χ0) is 18.1. The van der Waals surface area contributed by atoms with Crippen LogP contribution in [-0.4, -0.2) is 16.9 Å². The summed E-state index contributed by atoms with van der Waals surface area (Å²) in [4.78, 5) is 26.4. The summed E-state index contributed by atoms with van der Waals surface area (Å²) in [5.74, 6) is -0.965. The van der Waals surface area contributed by atoms with Gasteiger partial charge in [-0.25, -0.2) is 0 Å². The van der Waals surface area contributed by atoms with Crippen LogP contribution >= 0.6 is 23.8 Å². The molecular weight excluding hydrogens is 356 g/mol. The third-order valence-electron chi connectivity index (χ3n) is 4.03. The first-order valence-corrected chi connectivity index (χ1v) is 8.40. The van der Waals surface area contributed by atoms with Crippen molar-refractivity contribution in [3.8, 4) is 0 Å². The highest BCUT2D eigenvalue weighted by molar-refractivity contribution is 7.80. The molecule has 0 bridgehead atoms. The van der Waals surface area contributed by atoms with Crippen LogP contribution in [0.2, 0.25) is 5.02 Å². The van der Waals surface area contributed by atoms with Gasteiger partial charge in [0.1, 0.15) is 5.57 Å². The fourth-order valence-corrected chi connectivity index (χ4v) is 2.91. The second-order valence-corrected chi connectivity index (χ2v) is 6.60. The molecule has 126 valence electrons. The van der Waals surface area contributed by atoms with Gasteiger partial charge in [0.15, 0.2) is 5.11 Å². The number of nitrogens with one attached hydrogen (secondary N) is 1. The third-order valence-corrected chi connectivity index (χ3v) is 4.57. The maximum atomic E-state index is 12.9. The number of hydrogen-bond donors (Lipinski definition) is 1. The van der Waals surface area contributed by atoms with Crippen molar-refractivity contribution >= 4 is 52.5 Å². The van der Waals surface area contributed by atoms with Gasteiger partial charge in [-0.1, -0.05) is 29.8 Å². The summed E-state index contributed by atoms with van der Waals surface area (Å²) in [6, 6.07) is 12.4. The lowest BCUT2D eigenvalue weighted by atomic mass is 10.0. The molecule has 1 heterocycles. The molecule has 2 aromatic rings. The van der Waals surface area contributed by atoms with Gasteiger partial charge < -0.3 is 0 Å². The van der Waals surface area contributed by atoms with Crippen molar-refractivity contribution in [1.29, 1.82) is 0 Å². The Balaban J connectivity index is 2.01. The number of carbonyl (C=O) groups excluding carboxylic acids is 2. The molecule has 4 nitrogen and oxygen atoms in total. The van der Waals surface area contributed by atoms with Crippen molar-refractivity contribution in [2.24, 2.45) is 0 Å². The first-order chi connectivity index (χ1) is 11.9. The van der Waals surface area contributed by atoms with Crippen LogP contribution in [0.3, 0.4) is 0 Å². The molecule has 1 N–H and O–H groups in total. The molecule has 1 fully saturated rings. The zero-order valence-electron chi connectivity index (χ0n) is 13.7. The van der Waals surface area contributed by atoms with E-state index in [-0.39, 0.29) is 10.7 Å². The molecule has 2 aromatic carbocycles. The first kappa shape index (κ1) is 17.3. The third kappa shape index (κ3) is 3.48. The van der Waals surface area contributed by atoms with E-state index in [1.165, 1.54) is 4.90 Å². The van der Waals surface area contributed by atoms with Gasteiger partial charge >= 0.3 is 0 Å². The maximum absolute atomic E-state index is 12.9. The van der Waals surface area contributed by atoms with Crippen molar-refractivity contribution in [1.82, 2.24) is 5.32 Å². The average Bonchev–Trinajstić information content (AvgIpc) is 2.56. The van der Waals surface area contributed by atoms with Crippen LogP contribution in [0.25, 0.3) is 6.08 Å². The number of thiocarbonyl (C=S) groups is 1. The van der Waals surface area contributed by atoms with Crippen molar-refractivity contribution < 1.29 is 9.59 Å². The van der Waals surface area contributed by atoms with E-state index in [4.69, 9.17) is 23.8 Å². The Hall–Kier alpha value is -2.50. The highest BCUT2D eigenvalue weighted by Gasteiger charge is 2.34. The van der Waals surface area contributed by atoms with E-state index >= 15 is 0 Å². The Morgan fingerprint density at radius 3 is 2.36 bits per heavy atom. The van der Waals surface area contributed by atoms with Crippen LogP contribution in [0.5, 0.6) is 0 Å². The smallest absolute Gasteiger partial charge is 0.270 e. The SMILES string of the molecule is Cc1ccc(C=C2C(=O)NC(=S)N(c3ccc(Cl)cc3)C2=O)cc1C. The van der Waals surface area contributed by atoms with Crippen LogP contribution in [0.1, 0.15) is 16.7 Å². The van der Waals surface area contributed by atoms with E-state index in [9.17, 15) is 9.59 Å². The van der Waals surface area contributed by atoms with Gasteiger partial charge in [0.2, 0.25) is 0 Å². The topological polar surface area (TPSA) is 49.4 Å². The molecule has 0 spiro atoms. The van der Waals surface area contributed by atoms with Gasteiger partial charge in [-0.05, 0) is 73.1 Å². The summed E-state index contributed by atoms with van der Waals surface area (Å²) in [7, 11) is 0. The molecule has 1 aliphatic heterocycles. The summed E-state index contributed by atoms with van der Waals surface area (Å²) in [6.07, 6.45) is 1.58. The molecule has 0 radical (unpaired) electrons. The lowest BCUT2D eigenvalue weighted by Gasteiger charge is -2.29. The minimum atomic E-state index is -0.501. The van der Waals surface area contributed by atoms with Crippen LogP contribution in [-0.2, 0) is 9.59 Å². The molecule has 3 rings (SSSR count). The molecule has 0 aromatic heterocycles. The van der Waals surface area contributed by atoms with Crippen LogP contribution in [0.4, 0.5) is 5.69 Å². The number of hydrogen-bond acceptors (Lipinski definition) is 3. The quantitative estimate of drug-likeness (QED) is 0.497. The van der Waals surface area contributed by atoms with Gasteiger partial charge in [-0.2, -0.15) is 0 Å². The predicted molar refractivity (Wildman–Crippen MR) is 104 cm³/mol. The summed E-state index contributed by atoms with van der Waals surface area (Å²) in [6.45, 7) is 3.99. The Labute approximate surface area is 156 Å². The molecule has 2 amide bonds. The maximum Gasteiger partial charge on any atom is 0.270 e. The number of anilines is 1. The zero-order valence-corrected chi connectivity index (χ0v) is 15.2. The van der Waals surface area contributed by atoms with Crippen LogP contribution in [0.15, 0.2) is 48.0 Å². The minimum Gasteiger partial charge on any atom is -0.298 e. The van der Waals surface area contributed by atoms with Gasteiger partial charge in [0.25, 0.3) is 11.8 Å². The summed E-state index contributed by atoms with van der Waals surface area (Å²) in [5.41, 5.74) is 3.59. The van der Waals surface area contributed by atoms with E-state index in [1.54, 1.807) is 30.3 Å². The second kappa shape index (κ2) is 6.78. The average molecular weight is 371 g/mol. The molecule has 0 unspecified atom stereocenters. The number of aryl methyl sites for hydroxylation is 2. The molecule has 0 atom stereocenters. The van der Waals surface area contributed by atoms with Gasteiger partial charge in [0.05, 0.1) is 5.69 Å². The Morgan fingerprint density at radius 2 is 1.72 bits per heavy atom. The summed E-state index contributed by atoms with van der Waals surface area (Å²) in [5, 5.41) is 3.17. The number of halogens is 1. The van der Waals surface area contributed by atoms with Gasteiger partial charge in [-0.3, -0.25) is 19.8 Å². The second-order valence-electron chi connectivity index (χ2n) is 5.78. The lowest BCUT2D eigenvalue weighted by Crippen LogP contribution is -2.54. The van der Waals surface area contributed by atoms with Crippen LogP contribution in [0, 0.1) is 13.8 Å². The number of rotatable bonds is 2. The molecular formula is C19H15ClN2O2S. The van der Waals surface area contributed by atoms with E-state index in [1.807, 2.05) is 32.0 Å². The molecule has 1 saturated heterocycles. The van der Waals surface area contributed by atoms with E-state index in [2.05, 4.69) is 5.32 Å². The van der Waals surface area contributed by atoms with Crippen molar-refractivity contribution in [3.05, 3.63) is 69.8 Å². The molecule has 1 aliphatic rings. The first-order valence-electron chi connectivity index (χ1n) is 7.61. The van der Waals surface area contributed by atoms with Crippen molar-refractivity contribution in [2.75, 3.05) is 4.90 Å². The fourth-order valence-electron chi connectivity index (χ4n) is 2.50. The Morgan fingerprint density at radius 1 is 1.04 bits per heavy atom. The highest BCUT2D eigenvalue weighted by atomic mass is 35.5. The number of amides is 2. The number of nitrogens with zero attached hydrogens (tertiary/aromatic N) is 1. The van der Waals surface area contributed by atoms with E-state index in [0.717, 1.165) is 16.7 Å². The van der Waals surface area contributed by atoms with Crippen molar-refractivity contribution in [2.45, 2.75) is 13.8 Å². The van der Waals surface area contributed by atoms with Crippen molar-refractivity contribution in [3.63, 3.8) is 0 Å². The molecule has 6 heteroatoms. The molecule has 25 heavy (non-hydrogen) atoms. The summed E-state index contributed by atoms with van der Waals surface area (Å²) < 4.78 is 0. The summed E-state index contributed by atoms with van der Waals surface area (Å²) >= 11 is 11.1. The largest absolute Gasteiger partial charge is 0.298 e. The lowest BCUT2D eigenvalue weighted by molar-refractivity contribution is -0.122. The van der Waals surface area contributed by atoms with Crippen LogP contribution < -0.4 is 10.2 Å². The number of benzene rings is 2. The monoisotopic (exact) mass is 370 g/mol. The number of carbonyl (C=O) groups is 2. The Kier molecular flexibility index (Phi) is 4.70. The highest BCUT2D eigenvalue weighted by Crippen LogP contribution is 2.24. The van der Waals surface area contributed by atoms with Gasteiger partial charge in [0, 0.05) is 5.02 Å². The molecule has 0 saturated carbocycles. The standard InChI is InChI=1S/C19H15ClN2O2S/c1-11-3-4-13(9-12(11)2)10-16-17(23)21-19(25)22(18(16)24)15-7-5-14(20)6-8-15/h3-10H,1-2H3,(H,21,23,25). The van der Waals surface area contributed by atoms with E-state index < -0.39 is 11.8 Å².